The summed E-state index contributed by atoms with van der Waals surface area (Å²) in [4.78, 5) is 65.3. The smallest absolute Gasteiger partial charge is 0.372 e. The van der Waals surface area contributed by atoms with Crippen LogP contribution in [0.1, 0.15) is 57.6 Å². The number of ether oxygens (including phenoxy) is 1. The molecule has 0 saturated heterocycles. The Hall–Kier alpha value is -5.44. The maximum absolute atomic E-state index is 11.9. The van der Waals surface area contributed by atoms with E-state index in [0.29, 0.717) is 16.5 Å². The minimum Gasteiger partial charge on any atom is -0.479 e. The standard InChI is InChI=1S/C21H22ClNO5.C19H22ClNO3.C4H6O3/c1-2-18(24)20(26)23-17(12-19(25)21(27)28)10-13-6-8-14(9-7-13)15-4-3-5-16(22)11-15;1-2-24-19(23)18(22)12-17(21)10-13-6-8-14(9-7-13)15-4-3-5-16(20)11-15;1-2-3(5)4(6)7/h3-9,11,17,19,25H,2,10,12H2,1H3,(H,23,26)(H,27,28);3-9,11,17-18,22H,2,10,12,21H2,1H3;2H2,1H3,(H,6,7)/t17-,19-;17-,18-;/m11./s1. The number of rotatable bonds is 18. The molecule has 15 heteroatoms. The van der Waals surface area contributed by atoms with Gasteiger partial charge in [0.25, 0.3) is 5.91 Å². The Labute approximate surface area is 353 Å². The summed E-state index contributed by atoms with van der Waals surface area (Å²) in [5.41, 5.74) is 11.9. The van der Waals surface area contributed by atoms with Gasteiger partial charge in [-0.05, 0) is 83.8 Å². The Morgan fingerprint density at radius 2 is 1.12 bits per heavy atom. The highest BCUT2D eigenvalue weighted by Gasteiger charge is 2.24. The van der Waals surface area contributed by atoms with Crippen molar-refractivity contribution in [2.24, 2.45) is 5.73 Å². The summed E-state index contributed by atoms with van der Waals surface area (Å²) < 4.78 is 4.77. The molecule has 0 aliphatic heterocycles. The molecule has 7 N–H and O–H groups in total. The second-order valence-electron chi connectivity index (χ2n) is 13.2. The van der Waals surface area contributed by atoms with Gasteiger partial charge in [0.1, 0.15) is 0 Å². The number of carboxylic acids is 2. The zero-order chi connectivity index (χ0) is 44.1. The number of ketones is 2. The molecule has 0 unspecified atom stereocenters. The first-order chi connectivity index (χ1) is 28.0. The Morgan fingerprint density at radius 1 is 0.644 bits per heavy atom. The van der Waals surface area contributed by atoms with Gasteiger partial charge in [-0.1, -0.05) is 110 Å². The zero-order valence-electron chi connectivity index (χ0n) is 33.0. The molecule has 0 bridgehead atoms. The number of aliphatic carboxylic acids is 2. The van der Waals surface area contributed by atoms with E-state index in [9.17, 15) is 39.0 Å². The molecule has 0 radical (unpaired) electrons. The third-order valence-corrected chi connectivity index (χ3v) is 9.02. The fourth-order valence-corrected chi connectivity index (χ4v) is 5.82. The molecule has 0 saturated carbocycles. The van der Waals surface area contributed by atoms with Gasteiger partial charge in [-0.3, -0.25) is 14.4 Å². The first-order valence-electron chi connectivity index (χ1n) is 18.8. The van der Waals surface area contributed by atoms with Crippen molar-refractivity contribution >= 4 is 58.6 Å². The van der Waals surface area contributed by atoms with Gasteiger partial charge in [0.15, 0.2) is 12.2 Å². The maximum Gasteiger partial charge on any atom is 0.372 e. The van der Waals surface area contributed by atoms with Crippen LogP contribution in [0, 0.1) is 0 Å². The largest absolute Gasteiger partial charge is 0.479 e. The van der Waals surface area contributed by atoms with E-state index in [4.69, 9.17) is 43.9 Å². The van der Waals surface area contributed by atoms with Gasteiger partial charge < -0.3 is 36.2 Å². The second-order valence-corrected chi connectivity index (χ2v) is 14.1. The molecule has 316 valence electrons. The van der Waals surface area contributed by atoms with E-state index in [1.54, 1.807) is 19.9 Å². The average Bonchev–Trinajstić information content (AvgIpc) is 3.21. The number of carboxylic acid groups (broad SMARTS) is 2. The lowest BCUT2D eigenvalue weighted by atomic mass is 9.97. The molecule has 0 spiro atoms. The van der Waals surface area contributed by atoms with Crippen molar-refractivity contribution in [3.8, 4) is 22.3 Å². The molecular weight excluding hydrogens is 803 g/mol. The average molecular weight is 854 g/mol. The highest BCUT2D eigenvalue weighted by molar-refractivity contribution is 6.36. The van der Waals surface area contributed by atoms with Crippen molar-refractivity contribution in [3.63, 3.8) is 0 Å². The number of hydrogen-bond acceptors (Lipinski definition) is 10. The first-order valence-corrected chi connectivity index (χ1v) is 19.5. The van der Waals surface area contributed by atoms with Crippen LogP contribution in [0.5, 0.6) is 0 Å². The second kappa shape index (κ2) is 25.8. The van der Waals surface area contributed by atoms with Gasteiger partial charge in [-0.15, -0.1) is 0 Å². The van der Waals surface area contributed by atoms with Crippen LogP contribution in [0.3, 0.4) is 0 Å². The Bertz CT molecular complexity index is 2010. The SMILES string of the molecule is CCC(=O)C(=O)N[C@H](Cc1ccc(-c2cccc(Cl)c2)cc1)C[C@@H](O)C(=O)O.CCC(=O)C(=O)O.CCOC(=O)[C@H](O)C[C@H](N)Cc1ccc(-c2cccc(Cl)c2)cc1. The molecular formula is C44H50Cl2N2O11. The van der Waals surface area contributed by atoms with E-state index in [-0.39, 0.29) is 44.8 Å². The van der Waals surface area contributed by atoms with Crippen molar-refractivity contribution in [2.75, 3.05) is 6.61 Å². The zero-order valence-corrected chi connectivity index (χ0v) is 34.5. The Balaban J connectivity index is 0.000000353. The summed E-state index contributed by atoms with van der Waals surface area (Å²) in [5, 5.41) is 40.0. The van der Waals surface area contributed by atoms with Crippen LogP contribution in [0.15, 0.2) is 97.1 Å². The van der Waals surface area contributed by atoms with Crippen molar-refractivity contribution in [2.45, 2.75) is 83.6 Å². The highest BCUT2D eigenvalue weighted by Crippen LogP contribution is 2.25. The van der Waals surface area contributed by atoms with Gasteiger partial charge in [-0.25, -0.2) is 14.4 Å². The number of esters is 1. The number of aliphatic hydroxyl groups excluding tert-OH is 2. The number of halogens is 2. The summed E-state index contributed by atoms with van der Waals surface area (Å²) in [6, 6.07) is 29.6. The molecule has 4 rings (SSSR count). The van der Waals surface area contributed by atoms with E-state index in [1.807, 2.05) is 91.0 Å². The summed E-state index contributed by atoms with van der Waals surface area (Å²) in [5.74, 6) is -5.45. The lowest BCUT2D eigenvalue weighted by molar-refractivity contribution is -0.153. The van der Waals surface area contributed by atoms with Gasteiger partial charge in [-0.2, -0.15) is 0 Å². The van der Waals surface area contributed by atoms with Crippen molar-refractivity contribution in [1.29, 1.82) is 0 Å². The number of amides is 1. The fraction of sp³-hybridized carbons (Fsp3) is 0.318. The lowest BCUT2D eigenvalue weighted by Crippen LogP contribution is -2.43. The predicted octanol–water partition coefficient (Wildman–Crippen LogP) is 6.09. The van der Waals surface area contributed by atoms with Crippen LogP contribution in [0.4, 0.5) is 0 Å². The van der Waals surface area contributed by atoms with Crippen LogP contribution >= 0.6 is 23.2 Å². The highest BCUT2D eigenvalue weighted by atomic mass is 35.5. The molecule has 13 nitrogen and oxygen atoms in total. The third kappa shape index (κ3) is 18.4. The number of hydrogen-bond donors (Lipinski definition) is 6. The van der Waals surface area contributed by atoms with Crippen molar-refractivity contribution < 1.29 is 53.9 Å². The molecule has 4 atom stereocenters. The summed E-state index contributed by atoms with van der Waals surface area (Å²) in [6.07, 6.45) is -1.85. The fourth-order valence-electron chi connectivity index (χ4n) is 5.44. The van der Waals surface area contributed by atoms with E-state index >= 15 is 0 Å². The molecule has 59 heavy (non-hydrogen) atoms. The predicted molar refractivity (Wildman–Crippen MR) is 225 cm³/mol. The lowest BCUT2D eigenvalue weighted by Gasteiger charge is -2.20. The normalized spacial score (nSPS) is 12.5. The summed E-state index contributed by atoms with van der Waals surface area (Å²) in [7, 11) is 0. The molecule has 0 fully saturated rings. The van der Waals surface area contributed by atoms with E-state index in [0.717, 1.165) is 33.4 Å². The number of nitrogens with one attached hydrogen (secondary N) is 1. The maximum atomic E-state index is 11.9. The van der Waals surface area contributed by atoms with Crippen molar-refractivity contribution in [1.82, 2.24) is 5.32 Å². The molecule has 4 aromatic carbocycles. The first kappa shape index (κ1) is 49.7. The van der Waals surface area contributed by atoms with Gasteiger partial charge in [0.2, 0.25) is 11.6 Å². The minimum absolute atomic E-state index is 0.0500. The minimum atomic E-state index is -1.63. The number of nitrogens with two attached hydrogens (primary N) is 1. The quantitative estimate of drug-likeness (QED) is 0.0494. The van der Waals surface area contributed by atoms with E-state index in [2.05, 4.69) is 5.32 Å². The molecule has 0 aliphatic rings. The molecule has 0 aromatic heterocycles. The summed E-state index contributed by atoms with van der Waals surface area (Å²) in [6.45, 7) is 5.02. The van der Waals surface area contributed by atoms with E-state index in [1.165, 1.54) is 6.92 Å². The Kier molecular flexibility index (Phi) is 21.8. The number of aliphatic hydroxyl groups is 2. The number of Topliss-reactive ketones (excluding diaryl/α,β-unsaturated/α-hetero) is 2. The van der Waals surface area contributed by atoms with E-state index < -0.39 is 53.6 Å². The molecule has 0 heterocycles. The van der Waals surface area contributed by atoms with Crippen LogP contribution in [-0.4, -0.2) is 86.7 Å². The van der Waals surface area contributed by atoms with Crippen molar-refractivity contribution in [3.05, 3.63) is 118 Å². The summed E-state index contributed by atoms with van der Waals surface area (Å²) >= 11 is 12.0. The van der Waals surface area contributed by atoms with Crippen LogP contribution in [-0.2, 0) is 46.3 Å². The topological polar surface area (TPSA) is 231 Å². The van der Waals surface area contributed by atoms with Crippen LogP contribution < -0.4 is 11.1 Å². The van der Waals surface area contributed by atoms with Gasteiger partial charge >= 0.3 is 17.9 Å². The molecule has 0 aliphatic carbocycles. The number of carbonyl (C=O) groups is 6. The number of benzene rings is 4. The molecule has 4 aromatic rings. The van der Waals surface area contributed by atoms with Crippen LogP contribution in [0.25, 0.3) is 22.3 Å². The molecule has 1 amide bonds. The third-order valence-electron chi connectivity index (χ3n) is 8.55. The van der Waals surface area contributed by atoms with Gasteiger partial charge in [0, 0.05) is 41.4 Å². The monoisotopic (exact) mass is 852 g/mol. The van der Waals surface area contributed by atoms with Crippen LogP contribution in [0.2, 0.25) is 10.0 Å². The van der Waals surface area contributed by atoms with Gasteiger partial charge in [0.05, 0.1) is 6.61 Å². The number of carbonyl (C=O) groups excluding carboxylic acids is 4. The Morgan fingerprint density at radius 3 is 1.51 bits per heavy atom.